The molecule has 2 unspecified atom stereocenters. The van der Waals surface area contributed by atoms with Crippen LogP contribution in [0.5, 0.6) is 0 Å². The molecule has 0 saturated heterocycles. The van der Waals surface area contributed by atoms with Crippen molar-refractivity contribution < 1.29 is 4.79 Å². The van der Waals surface area contributed by atoms with Gasteiger partial charge >= 0.3 is 0 Å². The SMILES string of the molecule is Cc1nnc(NC(=O)c2csc(C3CC3NC3CCC3)c2)s1.Cl.Cl. The molecule has 0 bridgehead atoms. The van der Waals surface area contributed by atoms with E-state index >= 15 is 0 Å². The van der Waals surface area contributed by atoms with Gasteiger partial charge < -0.3 is 5.32 Å². The van der Waals surface area contributed by atoms with Crippen molar-refractivity contribution in [3.63, 3.8) is 0 Å². The fourth-order valence-electron chi connectivity index (χ4n) is 2.75. The molecular formula is C15H20Cl2N4OS2. The van der Waals surface area contributed by atoms with Gasteiger partial charge in [-0.25, -0.2) is 0 Å². The third kappa shape index (κ3) is 4.26. The number of nitrogens with one attached hydrogen (secondary N) is 2. The maximum Gasteiger partial charge on any atom is 0.258 e. The van der Waals surface area contributed by atoms with E-state index in [-0.39, 0.29) is 30.7 Å². The third-order valence-electron chi connectivity index (χ3n) is 4.34. The number of thiophene rings is 1. The highest BCUT2D eigenvalue weighted by atomic mass is 35.5. The van der Waals surface area contributed by atoms with Crippen LogP contribution < -0.4 is 10.6 Å². The first-order valence-corrected chi connectivity index (χ1v) is 9.34. The summed E-state index contributed by atoms with van der Waals surface area (Å²) in [5.41, 5.74) is 0.724. The lowest BCUT2D eigenvalue weighted by Crippen LogP contribution is -2.37. The summed E-state index contributed by atoms with van der Waals surface area (Å²) >= 11 is 3.08. The smallest absolute Gasteiger partial charge is 0.258 e. The zero-order chi connectivity index (χ0) is 15.1. The van der Waals surface area contributed by atoms with E-state index in [1.165, 1.54) is 41.9 Å². The van der Waals surface area contributed by atoms with E-state index in [2.05, 4.69) is 20.8 Å². The number of hydrogen-bond donors (Lipinski definition) is 2. The van der Waals surface area contributed by atoms with Crippen LogP contribution in [-0.2, 0) is 0 Å². The van der Waals surface area contributed by atoms with Crippen molar-refractivity contribution in [2.45, 2.75) is 50.6 Å². The van der Waals surface area contributed by atoms with E-state index in [9.17, 15) is 4.79 Å². The molecule has 0 aromatic carbocycles. The normalized spacial score (nSPS) is 22.0. The molecule has 2 aliphatic rings. The standard InChI is InChI=1S/C15H18N4OS2.2ClH/c1-8-18-19-15(22-8)17-14(20)9-5-13(21-7-9)11-6-12(11)16-10-3-2-4-10;;/h5,7,10-12,16H,2-4,6H2,1H3,(H,17,19,20);2*1H. The van der Waals surface area contributed by atoms with Gasteiger partial charge in [0.05, 0.1) is 5.56 Å². The second kappa shape index (κ2) is 8.10. The number of halogens is 2. The molecule has 2 aromatic rings. The maximum atomic E-state index is 12.2. The number of carbonyl (C=O) groups is 1. The third-order valence-corrected chi connectivity index (χ3v) is 6.16. The summed E-state index contributed by atoms with van der Waals surface area (Å²) in [5, 5.41) is 17.7. The van der Waals surface area contributed by atoms with Crippen LogP contribution in [-0.4, -0.2) is 28.2 Å². The first kappa shape index (κ1) is 19.6. The summed E-state index contributed by atoms with van der Waals surface area (Å²) in [6.45, 7) is 1.87. The van der Waals surface area contributed by atoms with Gasteiger partial charge in [0.25, 0.3) is 5.91 Å². The predicted octanol–water partition coefficient (Wildman–Crippen LogP) is 4.00. The molecule has 2 aromatic heterocycles. The van der Waals surface area contributed by atoms with E-state index in [0.717, 1.165) is 16.6 Å². The van der Waals surface area contributed by atoms with E-state index in [1.54, 1.807) is 11.3 Å². The summed E-state index contributed by atoms with van der Waals surface area (Å²) < 4.78 is 0. The zero-order valence-electron chi connectivity index (χ0n) is 13.2. The van der Waals surface area contributed by atoms with Gasteiger partial charge in [0.15, 0.2) is 0 Å². The average molecular weight is 407 g/mol. The van der Waals surface area contributed by atoms with E-state index in [1.807, 2.05) is 18.4 Å². The number of amides is 1. The van der Waals surface area contributed by atoms with Crippen molar-refractivity contribution in [1.29, 1.82) is 0 Å². The van der Waals surface area contributed by atoms with Gasteiger partial charge in [-0.3, -0.25) is 10.1 Å². The number of hydrogen-bond acceptors (Lipinski definition) is 6. The molecule has 2 aliphatic carbocycles. The lowest BCUT2D eigenvalue weighted by Gasteiger charge is -2.26. The summed E-state index contributed by atoms with van der Waals surface area (Å²) in [4.78, 5) is 13.5. The molecule has 2 heterocycles. The maximum absolute atomic E-state index is 12.2. The molecule has 2 N–H and O–H groups in total. The monoisotopic (exact) mass is 406 g/mol. The Bertz CT molecular complexity index is 701. The number of nitrogens with zero attached hydrogens (tertiary/aromatic N) is 2. The highest BCUT2D eigenvalue weighted by Gasteiger charge is 2.41. The molecule has 1 amide bonds. The molecule has 4 rings (SSSR count). The Hall–Kier alpha value is -0.730. The molecule has 24 heavy (non-hydrogen) atoms. The molecular weight excluding hydrogens is 387 g/mol. The van der Waals surface area contributed by atoms with Crippen molar-refractivity contribution in [1.82, 2.24) is 15.5 Å². The zero-order valence-corrected chi connectivity index (χ0v) is 16.4. The Morgan fingerprint density at radius 2 is 2.08 bits per heavy atom. The van der Waals surface area contributed by atoms with Crippen LogP contribution in [0.25, 0.3) is 0 Å². The van der Waals surface area contributed by atoms with Gasteiger partial charge in [-0.1, -0.05) is 17.8 Å². The van der Waals surface area contributed by atoms with E-state index in [4.69, 9.17) is 0 Å². The lowest BCUT2D eigenvalue weighted by atomic mass is 9.93. The van der Waals surface area contributed by atoms with E-state index < -0.39 is 0 Å². The van der Waals surface area contributed by atoms with Crippen LogP contribution in [0.1, 0.15) is 51.8 Å². The van der Waals surface area contributed by atoms with Crippen molar-refractivity contribution in [2.75, 3.05) is 5.32 Å². The molecule has 0 spiro atoms. The van der Waals surface area contributed by atoms with Crippen LogP contribution in [0, 0.1) is 6.92 Å². The number of anilines is 1. The Morgan fingerprint density at radius 1 is 1.29 bits per heavy atom. The quantitative estimate of drug-likeness (QED) is 0.786. The van der Waals surface area contributed by atoms with Crippen molar-refractivity contribution >= 4 is 58.5 Å². The number of rotatable bonds is 5. The molecule has 2 fully saturated rings. The van der Waals surface area contributed by atoms with Crippen molar-refractivity contribution in [3.05, 3.63) is 26.9 Å². The Morgan fingerprint density at radius 3 is 2.71 bits per heavy atom. The highest BCUT2D eigenvalue weighted by molar-refractivity contribution is 7.15. The number of aromatic nitrogens is 2. The van der Waals surface area contributed by atoms with Crippen molar-refractivity contribution in [2.24, 2.45) is 0 Å². The van der Waals surface area contributed by atoms with Crippen molar-refractivity contribution in [3.8, 4) is 0 Å². The van der Waals surface area contributed by atoms with Crippen LogP contribution in [0.4, 0.5) is 5.13 Å². The first-order chi connectivity index (χ1) is 10.7. The molecule has 0 radical (unpaired) electrons. The van der Waals surface area contributed by atoms with Gasteiger partial charge in [0, 0.05) is 28.3 Å². The minimum absolute atomic E-state index is 0. The van der Waals surface area contributed by atoms with Gasteiger partial charge in [-0.05, 0) is 32.3 Å². The Labute approximate surface area is 161 Å². The molecule has 132 valence electrons. The molecule has 9 heteroatoms. The Balaban J connectivity index is 0.00000104. The molecule has 2 atom stereocenters. The minimum atomic E-state index is -0.0946. The molecule has 5 nitrogen and oxygen atoms in total. The van der Waals surface area contributed by atoms with Crippen LogP contribution in [0.15, 0.2) is 11.4 Å². The molecule has 0 aliphatic heterocycles. The fraction of sp³-hybridized carbons (Fsp3) is 0.533. The van der Waals surface area contributed by atoms with E-state index in [0.29, 0.717) is 17.1 Å². The lowest BCUT2D eigenvalue weighted by molar-refractivity contribution is 0.102. The number of aryl methyl sites for hydroxylation is 1. The number of carbonyl (C=O) groups excluding carboxylic acids is 1. The van der Waals surface area contributed by atoms with Gasteiger partial charge in [0.2, 0.25) is 5.13 Å². The fourth-order valence-corrected chi connectivity index (χ4v) is 4.41. The first-order valence-electron chi connectivity index (χ1n) is 7.65. The average Bonchev–Trinajstić information content (AvgIpc) is 2.84. The van der Waals surface area contributed by atoms with Gasteiger partial charge in [0.1, 0.15) is 5.01 Å². The topological polar surface area (TPSA) is 66.9 Å². The van der Waals surface area contributed by atoms with Crippen LogP contribution >= 0.6 is 47.5 Å². The summed E-state index contributed by atoms with van der Waals surface area (Å²) in [6, 6.07) is 3.38. The largest absolute Gasteiger partial charge is 0.311 e. The minimum Gasteiger partial charge on any atom is -0.311 e. The Kier molecular flexibility index (Phi) is 6.61. The van der Waals surface area contributed by atoms with Crippen LogP contribution in [0.2, 0.25) is 0 Å². The second-order valence-electron chi connectivity index (χ2n) is 6.06. The summed E-state index contributed by atoms with van der Waals surface area (Å²) in [5.74, 6) is 0.499. The highest BCUT2D eigenvalue weighted by Crippen LogP contribution is 2.44. The van der Waals surface area contributed by atoms with Gasteiger partial charge in [-0.15, -0.1) is 46.3 Å². The molecule has 2 saturated carbocycles. The van der Waals surface area contributed by atoms with Gasteiger partial charge in [-0.2, -0.15) is 0 Å². The summed E-state index contributed by atoms with van der Waals surface area (Å²) in [7, 11) is 0. The predicted molar refractivity (Wildman–Crippen MR) is 103 cm³/mol. The summed E-state index contributed by atoms with van der Waals surface area (Å²) in [6.07, 6.45) is 5.21. The van der Waals surface area contributed by atoms with Crippen LogP contribution in [0.3, 0.4) is 0 Å². The second-order valence-corrected chi connectivity index (χ2v) is 8.19.